The van der Waals surface area contributed by atoms with E-state index >= 15 is 0 Å². The van der Waals surface area contributed by atoms with E-state index < -0.39 is 11.5 Å². The zero-order valence-corrected chi connectivity index (χ0v) is 13.2. The number of hydrogen-bond donors (Lipinski definition) is 1. The molecule has 1 N–H and O–H groups in total. The van der Waals surface area contributed by atoms with Gasteiger partial charge in [0.1, 0.15) is 5.54 Å². The van der Waals surface area contributed by atoms with E-state index in [0.717, 1.165) is 30.8 Å². The molecule has 4 aliphatic rings. The second kappa shape index (κ2) is 4.72. The molecule has 4 saturated carbocycles. The smallest absolute Gasteiger partial charge is 0.323 e. The third-order valence-corrected chi connectivity index (χ3v) is 6.39. The maximum Gasteiger partial charge on any atom is 0.323 e. The highest BCUT2D eigenvalue weighted by Gasteiger charge is 2.52. The van der Waals surface area contributed by atoms with Gasteiger partial charge in [-0.05, 0) is 82.1 Å². The molecule has 20 heavy (non-hydrogen) atoms. The Balaban J connectivity index is 1.77. The Hall–Kier alpha value is -0.570. The van der Waals surface area contributed by atoms with E-state index in [1.807, 2.05) is 13.8 Å². The molecule has 0 aromatic heterocycles. The van der Waals surface area contributed by atoms with Gasteiger partial charge >= 0.3 is 5.97 Å². The Morgan fingerprint density at radius 2 is 1.60 bits per heavy atom. The highest BCUT2D eigenvalue weighted by Crippen LogP contribution is 2.60. The van der Waals surface area contributed by atoms with E-state index in [1.165, 1.54) is 38.5 Å². The van der Waals surface area contributed by atoms with Crippen molar-refractivity contribution < 1.29 is 9.90 Å². The lowest BCUT2D eigenvalue weighted by atomic mass is 9.49. The lowest BCUT2D eigenvalue weighted by molar-refractivity contribution is -0.152. The lowest BCUT2D eigenvalue weighted by Crippen LogP contribution is -2.57. The van der Waals surface area contributed by atoms with Gasteiger partial charge in [-0.2, -0.15) is 0 Å². The summed E-state index contributed by atoms with van der Waals surface area (Å²) in [6.45, 7) is 7.65. The van der Waals surface area contributed by atoms with Crippen LogP contribution in [0.4, 0.5) is 0 Å². The SMILES string of the molecule is CCN(CC12CC3CC(CC(C3)C1)C2)C(C)(C)C(=O)O. The monoisotopic (exact) mass is 279 g/mol. The summed E-state index contributed by atoms with van der Waals surface area (Å²) in [4.78, 5) is 13.8. The van der Waals surface area contributed by atoms with Gasteiger partial charge in [0, 0.05) is 6.54 Å². The summed E-state index contributed by atoms with van der Waals surface area (Å²) in [6, 6.07) is 0. The number of carboxylic acid groups (broad SMARTS) is 1. The third-order valence-electron chi connectivity index (χ3n) is 6.39. The molecule has 4 rings (SSSR count). The fourth-order valence-electron chi connectivity index (χ4n) is 5.73. The zero-order valence-electron chi connectivity index (χ0n) is 13.2. The predicted molar refractivity (Wildman–Crippen MR) is 79.6 cm³/mol. The molecule has 0 amide bonds. The van der Waals surface area contributed by atoms with Crippen molar-refractivity contribution in [2.45, 2.75) is 64.8 Å². The van der Waals surface area contributed by atoms with Gasteiger partial charge in [0.05, 0.1) is 0 Å². The minimum atomic E-state index is -0.738. The summed E-state index contributed by atoms with van der Waals surface area (Å²) in [7, 11) is 0. The molecule has 0 spiro atoms. The topological polar surface area (TPSA) is 40.5 Å². The molecule has 0 heterocycles. The van der Waals surface area contributed by atoms with Crippen molar-refractivity contribution in [1.29, 1.82) is 0 Å². The van der Waals surface area contributed by atoms with Gasteiger partial charge < -0.3 is 5.11 Å². The first-order chi connectivity index (χ1) is 9.34. The molecule has 4 aliphatic carbocycles. The Bertz CT molecular complexity index is 367. The van der Waals surface area contributed by atoms with E-state index in [9.17, 15) is 9.90 Å². The first kappa shape index (κ1) is 14.4. The Labute approximate surface area is 122 Å². The van der Waals surface area contributed by atoms with Crippen LogP contribution in [0.2, 0.25) is 0 Å². The number of nitrogens with zero attached hydrogens (tertiary/aromatic N) is 1. The van der Waals surface area contributed by atoms with Crippen molar-refractivity contribution in [1.82, 2.24) is 4.90 Å². The Morgan fingerprint density at radius 3 is 1.95 bits per heavy atom. The second-order valence-corrected chi connectivity index (χ2v) is 8.30. The van der Waals surface area contributed by atoms with E-state index in [2.05, 4.69) is 11.8 Å². The molecule has 4 bridgehead atoms. The van der Waals surface area contributed by atoms with Gasteiger partial charge in [-0.15, -0.1) is 0 Å². The molecule has 0 radical (unpaired) electrons. The van der Waals surface area contributed by atoms with Gasteiger partial charge in [0.25, 0.3) is 0 Å². The molecule has 114 valence electrons. The molecular weight excluding hydrogens is 250 g/mol. The number of hydrogen-bond acceptors (Lipinski definition) is 2. The predicted octanol–water partition coefficient (Wildman–Crippen LogP) is 3.39. The van der Waals surface area contributed by atoms with E-state index in [0.29, 0.717) is 5.41 Å². The van der Waals surface area contributed by atoms with Crippen LogP contribution in [0, 0.1) is 23.2 Å². The van der Waals surface area contributed by atoms with Crippen LogP contribution in [0.15, 0.2) is 0 Å². The van der Waals surface area contributed by atoms with E-state index in [1.54, 1.807) is 0 Å². The van der Waals surface area contributed by atoms with Crippen LogP contribution in [-0.2, 0) is 4.79 Å². The molecular formula is C17H29NO2. The zero-order chi connectivity index (χ0) is 14.5. The van der Waals surface area contributed by atoms with Gasteiger partial charge in [-0.3, -0.25) is 9.69 Å². The van der Waals surface area contributed by atoms with E-state index in [-0.39, 0.29) is 0 Å². The molecule has 0 atom stereocenters. The molecule has 0 aromatic rings. The second-order valence-electron chi connectivity index (χ2n) is 8.30. The van der Waals surface area contributed by atoms with Gasteiger partial charge in [0.2, 0.25) is 0 Å². The van der Waals surface area contributed by atoms with Gasteiger partial charge in [-0.1, -0.05) is 6.92 Å². The average Bonchev–Trinajstić information content (AvgIpc) is 2.33. The van der Waals surface area contributed by atoms with Crippen LogP contribution < -0.4 is 0 Å². The Kier molecular flexibility index (Phi) is 3.39. The van der Waals surface area contributed by atoms with Gasteiger partial charge in [0.15, 0.2) is 0 Å². The summed E-state index contributed by atoms with van der Waals surface area (Å²) >= 11 is 0. The molecule has 0 unspecified atom stereocenters. The fraction of sp³-hybridized carbons (Fsp3) is 0.941. The van der Waals surface area contributed by atoms with Crippen molar-refractivity contribution in [2.75, 3.05) is 13.1 Å². The van der Waals surface area contributed by atoms with Crippen molar-refractivity contribution in [3.05, 3.63) is 0 Å². The average molecular weight is 279 g/mol. The number of likely N-dealkylation sites (N-methyl/N-ethyl adjacent to an activating group) is 1. The lowest BCUT2D eigenvalue weighted by Gasteiger charge is -2.58. The molecule has 0 aliphatic heterocycles. The largest absolute Gasteiger partial charge is 0.480 e. The summed E-state index contributed by atoms with van der Waals surface area (Å²) in [5, 5.41) is 9.51. The minimum Gasteiger partial charge on any atom is -0.480 e. The van der Waals surface area contributed by atoms with Crippen LogP contribution in [-0.4, -0.2) is 34.6 Å². The van der Waals surface area contributed by atoms with Crippen LogP contribution in [0.25, 0.3) is 0 Å². The number of carbonyl (C=O) groups is 1. The molecule has 3 nitrogen and oxygen atoms in total. The van der Waals surface area contributed by atoms with Crippen LogP contribution in [0.1, 0.15) is 59.3 Å². The van der Waals surface area contributed by atoms with Crippen molar-refractivity contribution in [2.24, 2.45) is 23.2 Å². The van der Waals surface area contributed by atoms with Gasteiger partial charge in [-0.25, -0.2) is 0 Å². The summed E-state index contributed by atoms with van der Waals surface area (Å²) in [5.74, 6) is 2.12. The van der Waals surface area contributed by atoms with Crippen molar-refractivity contribution >= 4 is 5.97 Å². The first-order valence-corrected chi connectivity index (χ1v) is 8.33. The third kappa shape index (κ3) is 2.28. The fourth-order valence-corrected chi connectivity index (χ4v) is 5.73. The molecule has 3 heteroatoms. The van der Waals surface area contributed by atoms with Crippen molar-refractivity contribution in [3.63, 3.8) is 0 Å². The van der Waals surface area contributed by atoms with Crippen LogP contribution in [0.3, 0.4) is 0 Å². The number of carboxylic acids is 1. The molecule has 4 fully saturated rings. The normalized spacial score (nSPS) is 39.5. The molecule has 0 aromatic carbocycles. The quantitative estimate of drug-likeness (QED) is 0.838. The minimum absolute atomic E-state index is 0.428. The van der Waals surface area contributed by atoms with Crippen molar-refractivity contribution in [3.8, 4) is 0 Å². The maximum atomic E-state index is 11.6. The van der Waals surface area contributed by atoms with Crippen LogP contribution >= 0.6 is 0 Å². The first-order valence-electron chi connectivity index (χ1n) is 8.33. The summed E-state index contributed by atoms with van der Waals surface area (Å²) in [5.41, 5.74) is -0.310. The summed E-state index contributed by atoms with van der Waals surface area (Å²) < 4.78 is 0. The Morgan fingerprint density at radius 1 is 1.15 bits per heavy atom. The highest BCUT2D eigenvalue weighted by molar-refractivity contribution is 5.77. The number of aliphatic carboxylic acids is 1. The molecule has 0 saturated heterocycles. The van der Waals surface area contributed by atoms with E-state index in [4.69, 9.17) is 0 Å². The standard InChI is InChI=1S/C17H29NO2/c1-4-18(16(2,3)15(19)20)11-17-8-12-5-13(9-17)7-14(6-12)10-17/h12-14H,4-11H2,1-3H3,(H,19,20). The van der Waals surface area contributed by atoms with Crippen LogP contribution in [0.5, 0.6) is 0 Å². The highest BCUT2D eigenvalue weighted by atomic mass is 16.4. The summed E-state index contributed by atoms with van der Waals surface area (Å²) in [6.07, 6.45) is 8.41. The maximum absolute atomic E-state index is 11.6. The number of rotatable bonds is 5.